The van der Waals surface area contributed by atoms with E-state index in [1.165, 1.54) is 6.92 Å². The first kappa shape index (κ1) is 38.9. The summed E-state index contributed by atoms with van der Waals surface area (Å²) in [6.07, 6.45) is 9.94. The fourth-order valence-electron chi connectivity index (χ4n) is 13.1. The van der Waals surface area contributed by atoms with Gasteiger partial charge in [0.15, 0.2) is 11.7 Å². The molecule has 0 radical (unpaired) electrons. The molecular formula is C44H55N3O8. The van der Waals surface area contributed by atoms with Crippen molar-refractivity contribution in [2.45, 2.75) is 97.5 Å². The second kappa shape index (κ2) is 12.1. The average molecular weight is 754 g/mol. The molecule has 11 heteroatoms. The van der Waals surface area contributed by atoms with Gasteiger partial charge in [-0.25, -0.2) is 9.79 Å². The maximum Gasteiger partial charge on any atom is 0.334 e. The Kier molecular flexibility index (Phi) is 8.56. The Balaban J connectivity index is 1.50. The molecule has 1 aromatic carbocycles. The molecule has 2 saturated carbocycles. The lowest BCUT2D eigenvalue weighted by Crippen LogP contribution is -2.70. The van der Waals surface area contributed by atoms with Crippen molar-refractivity contribution in [2.75, 3.05) is 0 Å². The van der Waals surface area contributed by atoms with Crippen molar-refractivity contribution in [3.8, 4) is 0 Å². The van der Waals surface area contributed by atoms with Gasteiger partial charge in [-0.05, 0) is 54.2 Å². The second-order valence-corrected chi connectivity index (χ2v) is 18.5. The number of fused-ring (bicyclic) bond motifs is 3. The van der Waals surface area contributed by atoms with Crippen LogP contribution in [0.1, 0.15) is 79.7 Å². The van der Waals surface area contributed by atoms with E-state index in [0.717, 1.165) is 5.56 Å². The van der Waals surface area contributed by atoms with Crippen molar-refractivity contribution in [2.24, 2.45) is 67.2 Å². The molecule has 1 aromatic rings. The minimum absolute atomic E-state index is 0.0177. The number of allylic oxidation sites excluding steroid dienone is 2. The highest BCUT2D eigenvalue weighted by Crippen LogP contribution is 2.82. The Bertz CT molecular complexity index is 2060. The first-order valence-corrected chi connectivity index (χ1v) is 19.3. The number of nitrogens with two attached hydrogens (primary N) is 2. The second-order valence-electron chi connectivity index (χ2n) is 18.5. The Labute approximate surface area is 322 Å². The van der Waals surface area contributed by atoms with E-state index in [-0.39, 0.29) is 36.8 Å². The van der Waals surface area contributed by atoms with Crippen LogP contribution in [0.15, 0.2) is 88.2 Å². The van der Waals surface area contributed by atoms with Crippen LogP contribution < -0.4 is 11.5 Å². The monoisotopic (exact) mass is 753 g/mol. The zero-order chi connectivity index (χ0) is 40.5. The number of carbonyl (C=O) groups is 3. The van der Waals surface area contributed by atoms with Crippen LogP contribution in [-0.2, 0) is 14.4 Å². The van der Waals surface area contributed by atoms with E-state index in [1.54, 1.807) is 18.2 Å². The minimum Gasteiger partial charge on any atom is -0.509 e. The van der Waals surface area contributed by atoms with Gasteiger partial charge in [0.25, 0.3) is 0 Å². The number of guanidine groups is 1. The number of hydrogen-bond donors (Lipinski definition) is 7. The van der Waals surface area contributed by atoms with Crippen molar-refractivity contribution < 1.29 is 39.9 Å². The third-order valence-electron chi connectivity index (χ3n) is 15.9. The normalized spacial score (nSPS) is 43.6. The molecular weight excluding hydrogens is 698 g/mol. The van der Waals surface area contributed by atoms with Crippen LogP contribution in [0, 0.1) is 50.7 Å². The van der Waals surface area contributed by atoms with Gasteiger partial charge in [0.2, 0.25) is 0 Å². The van der Waals surface area contributed by atoms with E-state index in [4.69, 9.17) is 11.5 Å². The van der Waals surface area contributed by atoms with Crippen LogP contribution in [0.5, 0.6) is 0 Å². The summed E-state index contributed by atoms with van der Waals surface area (Å²) in [5.41, 5.74) is 4.56. The Morgan fingerprint density at radius 2 is 1.65 bits per heavy atom. The Morgan fingerprint density at radius 3 is 2.27 bits per heavy atom. The molecule has 6 aliphatic rings. The van der Waals surface area contributed by atoms with E-state index in [2.05, 4.69) is 11.9 Å². The smallest absolute Gasteiger partial charge is 0.334 e. The molecule has 6 aliphatic carbocycles. The summed E-state index contributed by atoms with van der Waals surface area (Å²) >= 11 is 0. The first-order valence-electron chi connectivity index (χ1n) is 19.3. The van der Waals surface area contributed by atoms with Gasteiger partial charge in [-0.1, -0.05) is 102 Å². The van der Waals surface area contributed by atoms with Crippen LogP contribution in [0.25, 0.3) is 6.08 Å². The molecule has 0 bridgehead atoms. The van der Waals surface area contributed by atoms with Crippen molar-refractivity contribution in [3.05, 3.63) is 88.8 Å². The van der Waals surface area contributed by atoms with E-state index >= 15 is 4.79 Å². The highest BCUT2D eigenvalue weighted by molar-refractivity contribution is 6.02. The number of aliphatic hydroxyl groups is 4. The summed E-state index contributed by atoms with van der Waals surface area (Å²) in [6, 6.07) is 8.82. The number of ketones is 2. The highest BCUT2D eigenvalue weighted by Gasteiger charge is 2.82. The SMILES string of the molecule is CC(C(=O)O)=C(O)C(O)C1C(N=C(N)N)C=CC2(CC3(O)C=CC4(O)C5=C(C(=O)CC2(C)C53C)C2(C)CCC(=O)C(C)(C)C2C4C=Cc2ccccc2)C1C. The predicted octanol–water partition coefficient (Wildman–Crippen LogP) is 4.79. The average Bonchev–Trinajstić information content (AvgIpc) is 3.26. The molecule has 0 heterocycles. The quantitative estimate of drug-likeness (QED) is 0.0693. The van der Waals surface area contributed by atoms with Gasteiger partial charge in [0, 0.05) is 51.9 Å². The van der Waals surface area contributed by atoms with Crippen molar-refractivity contribution in [1.82, 2.24) is 0 Å². The number of nitrogens with zero attached hydrogens (tertiary/aromatic N) is 1. The van der Waals surface area contributed by atoms with Crippen molar-refractivity contribution in [1.29, 1.82) is 0 Å². The summed E-state index contributed by atoms with van der Waals surface area (Å²) in [7, 11) is 0. The fraction of sp³-hybridized carbons (Fsp3) is 0.545. The van der Waals surface area contributed by atoms with Gasteiger partial charge >= 0.3 is 5.97 Å². The number of carboxylic acids is 1. The third kappa shape index (κ3) is 4.78. The van der Waals surface area contributed by atoms with E-state index in [1.807, 2.05) is 83.2 Å². The Hall–Kier alpha value is -4.32. The summed E-state index contributed by atoms with van der Waals surface area (Å²) in [5.74, 6) is -5.27. The summed E-state index contributed by atoms with van der Waals surface area (Å²) in [6.45, 7) is 12.9. The minimum atomic E-state index is -1.77. The topological polar surface area (TPSA) is 217 Å². The number of benzene rings is 1. The van der Waals surface area contributed by atoms with Gasteiger partial charge in [-0.3, -0.25) is 9.59 Å². The zero-order valence-corrected chi connectivity index (χ0v) is 32.7. The van der Waals surface area contributed by atoms with E-state index in [9.17, 15) is 35.1 Å². The molecule has 0 saturated heterocycles. The van der Waals surface area contributed by atoms with Crippen LogP contribution >= 0.6 is 0 Å². The molecule has 1 spiro atoms. The zero-order valence-electron chi connectivity index (χ0n) is 32.7. The fourth-order valence-corrected chi connectivity index (χ4v) is 13.1. The van der Waals surface area contributed by atoms with Crippen molar-refractivity contribution in [3.63, 3.8) is 0 Å². The summed E-state index contributed by atoms with van der Waals surface area (Å²) in [5, 5.41) is 59.4. The van der Waals surface area contributed by atoms with Gasteiger partial charge in [0.1, 0.15) is 23.2 Å². The predicted molar refractivity (Wildman–Crippen MR) is 208 cm³/mol. The number of aliphatic imine (C=N–C) groups is 1. The molecule has 9 N–H and O–H groups in total. The number of rotatable bonds is 6. The molecule has 2 fully saturated rings. The molecule has 0 aliphatic heterocycles. The number of Topliss-reactive ketones (excluding diaryl/α,β-unsaturated/α-hetero) is 2. The highest BCUT2D eigenvalue weighted by atomic mass is 16.4. The molecule has 7 rings (SSSR count). The molecule has 294 valence electrons. The van der Waals surface area contributed by atoms with Gasteiger partial charge in [-0.2, -0.15) is 0 Å². The maximum atomic E-state index is 15.3. The molecule has 55 heavy (non-hydrogen) atoms. The van der Waals surface area contributed by atoms with E-state index in [0.29, 0.717) is 17.6 Å². The van der Waals surface area contributed by atoms with Crippen LogP contribution in [0.3, 0.4) is 0 Å². The standard InChI is InChI=1S/C44H55N3O8/c1-23(36(52)53)32(50)33(51)30-24(2)42(18-15-27(30)47-37(45)46)22-43(54)19-20-44(55)26(14-13-25-11-9-8-10-12-25)34-38(3,4)29(49)16-17-39(34,5)31-28(48)21-40(42,6)41(43,7)35(31)44/h8-15,18-20,24,26-27,30,33-34,50-51,54-55H,16-17,21-22H2,1-7H3,(H,52,53)(H4,45,46,47). The third-order valence-corrected chi connectivity index (χ3v) is 15.9. The van der Waals surface area contributed by atoms with Crippen LogP contribution in [-0.4, -0.2) is 72.4 Å². The molecule has 11 nitrogen and oxygen atoms in total. The van der Waals surface area contributed by atoms with Gasteiger partial charge < -0.3 is 37.0 Å². The van der Waals surface area contributed by atoms with Crippen LogP contribution in [0.2, 0.25) is 0 Å². The lowest BCUT2D eigenvalue weighted by atomic mass is 9.35. The number of carboxylic acid groups (broad SMARTS) is 1. The Morgan fingerprint density at radius 1 is 1.00 bits per heavy atom. The lowest BCUT2D eigenvalue weighted by Gasteiger charge is -2.68. The maximum absolute atomic E-state index is 15.3. The molecule has 12 atom stereocenters. The number of carbonyl (C=O) groups excluding carboxylic acids is 2. The van der Waals surface area contributed by atoms with Crippen LogP contribution in [0.4, 0.5) is 0 Å². The lowest BCUT2D eigenvalue weighted by molar-refractivity contribution is -0.164. The van der Waals surface area contributed by atoms with Gasteiger partial charge in [-0.15, -0.1) is 0 Å². The first-order chi connectivity index (χ1) is 25.5. The largest absolute Gasteiger partial charge is 0.509 e. The summed E-state index contributed by atoms with van der Waals surface area (Å²) < 4.78 is 0. The van der Waals surface area contributed by atoms with Gasteiger partial charge in [0.05, 0.1) is 17.2 Å². The molecule has 0 amide bonds. The number of aliphatic carboxylic acids is 1. The number of aliphatic hydroxyl groups excluding tert-OH is 2. The number of hydrogen-bond acceptors (Lipinski definition) is 8. The summed E-state index contributed by atoms with van der Waals surface area (Å²) in [4.78, 5) is 45.4. The van der Waals surface area contributed by atoms with E-state index < -0.39 is 91.4 Å². The molecule has 0 aromatic heterocycles. The molecule has 12 unspecified atom stereocenters. The van der Waals surface area contributed by atoms with Crippen molar-refractivity contribution >= 4 is 29.6 Å².